The minimum atomic E-state index is -4.58. The first-order chi connectivity index (χ1) is 9.70. The number of anilines is 1. The summed E-state index contributed by atoms with van der Waals surface area (Å²) in [5.41, 5.74) is 3.92. The minimum Gasteiger partial charge on any atom is -0.398 e. The summed E-state index contributed by atoms with van der Waals surface area (Å²) < 4.78 is 44.0. The van der Waals surface area contributed by atoms with Gasteiger partial charge in [0.2, 0.25) is 0 Å². The van der Waals surface area contributed by atoms with Crippen LogP contribution in [0.4, 0.5) is 18.9 Å². The molecule has 0 spiro atoms. The molecule has 2 N–H and O–H groups in total. The Labute approximate surface area is 120 Å². The van der Waals surface area contributed by atoms with Gasteiger partial charge in [-0.2, -0.15) is 13.2 Å². The molecule has 2 rings (SSSR count). The zero-order valence-electron chi connectivity index (χ0n) is 11.8. The third-order valence-electron chi connectivity index (χ3n) is 3.35. The van der Waals surface area contributed by atoms with Crippen molar-refractivity contribution in [2.75, 3.05) is 18.8 Å². The monoisotopic (exact) mass is 302 g/mol. The van der Waals surface area contributed by atoms with E-state index in [4.69, 9.17) is 10.5 Å². The molecule has 1 heterocycles. The topological polar surface area (TPSA) is 55.6 Å². The fourth-order valence-electron chi connectivity index (χ4n) is 2.51. The molecule has 7 heteroatoms. The molecule has 0 aromatic heterocycles. The molecule has 0 unspecified atom stereocenters. The number of nitrogens with zero attached hydrogens (tertiary/aromatic N) is 1. The number of benzene rings is 1. The Hall–Kier alpha value is -1.76. The van der Waals surface area contributed by atoms with Crippen molar-refractivity contribution in [2.45, 2.75) is 32.2 Å². The van der Waals surface area contributed by atoms with Crippen molar-refractivity contribution in [3.63, 3.8) is 0 Å². The lowest BCUT2D eigenvalue weighted by molar-refractivity contribution is -0.136. The van der Waals surface area contributed by atoms with E-state index in [2.05, 4.69) is 0 Å². The number of rotatable bonds is 1. The first-order valence-electron chi connectivity index (χ1n) is 6.60. The lowest BCUT2D eigenvalue weighted by Crippen LogP contribution is -2.48. The predicted molar refractivity (Wildman–Crippen MR) is 71.8 cm³/mol. The van der Waals surface area contributed by atoms with Gasteiger partial charge in [-0.3, -0.25) is 4.79 Å². The molecule has 0 saturated carbocycles. The highest BCUT2D eigenvalue weighted by Gasteiger charge is 2.35. The van der Waals surface area contributed by atoms with Crippen LogP contribution in [0.2, 0.25) is 0 Å². The van der Waals surface area contributed by atoms with Crippen LogP contribution in [0.15, 0.2) is 18.2 Å². The van der Waals surface area contributed by atoms with Crippen LogP contribution in [-0.2, 0) is 10.9 Å². The van der Waals surface area contributed by atoms with E-state index < -0.39 is 23.3 Å². The van der Waals surface area contributed by atoms with E-state index in [1.807, 2.05) is 13.8 Å². The molecule has 0 bridgehead atoms. The van der Waals surface area contributed by atoms with Crippen molar-refractivity contribution in [3.05, 3.63) is 29.3 Å². The largest absolute Gasteiger partial charge is 0.418 e. The molecule has 1 aliphatic heterocycles. The van der Waals surface area contributed by atoms with E-state index in [0.717, 1.165) is 6.07 Å². The summed E-state index contributed by atoms with van der Waals surface area (Å²) in [5, 5.41) is 0. The molecular weight excluding hydrogens is 285 g/mol. The van der Waals surface area contributed by atoms with E-state index in [-0.39, 0.29) is 17.8 Å². The number of nitrogens with two attached hydrogens (primary N) is 1. The van der Waals surface area contributed by atoms with Gasteiger partial charge in [-0.15, -0.1) is 0 Å². The lowest BCUT2D eigenvalue weighted by atomic mass is 10.0. The molecule has 1 fully saturated rings. The molecule has 2 atom stereocenters. The molecule has 1 aliphatic rings. The summed E-state index contributed by atoms with van der Waals surface area (Å²) in [4.78, 5) is 13.9. The van der Waals surface area contributed by atoms with Crippen LogP contribution in [0, 0.1) is 0 Å². The van der Waals surface area contributed by atoms with Crippen molar-refractivity contribution >= 4 is 11.6 Å². The number of carbonyl (C=O) groups excluding carboxylic acids is 1. The van der Waals surface area contributed by atoms with Gasteiger partial charge < -0.3 is 15.4 Å². The summed E-state index contributed by atoms with van der Waals surface area (Å²) >= 11 is 0. The maximum atomic E-state index is 12.8. The van der Waals surface area contributed by atoms with E-state index in [1.54, 1.807) is 0 Å². The predicted octanol–water partition coefficient (Wildman–Crippen LogP) is 2.54. The number of halogens is 3. The number of amides is 1. The maximum absolute atomic E-state index is 12.8. The first-order valence-corrected chi connectivity index (χ1v) is 6.60. The zero-order chi connectivity index (χ0) is 15.8. The number of hydrogen-bond donors (Lipinski definition) is 1. The van der Waals surface area contributed by atoms with Crippen molar-refractivity contribution < 1.29 is 22.7 Å². The number of alkyl halides is 3. The average Bonchev–Trinajstić information content (AvgIpc) is 2.35. The Bertz CT molecular complexity index is 536. The summed E-state index contributed by atoms with van der Waals surface area (Å²) in [6.45, 7) is 4.29. The molecule has 4 nitrogen and oxygen atoms in total. The number of carbonyl (C=O) groups is 1. The van der Waals surface area contributed by atoms with Crippen LogP contribution < -0.4 is 5.73 Å². The quantitative estimate of drug-likeness (QED) is 0.811. The second-order valence-corrected chi connectivity index (χ2v) is 5.23. The lowest BCUT2D eigenvalue weighted by Gasteiger charge is -2.35. The van der Waals surface area contributed by atoms with Gasteiger partial charge in [-0.25, -0.2) is 0 Å². The van der Waals surface area contributed by atoms with Crippen LogP contribution in [0.5, 0.6) is 0 Å². The van der Waals surface area contributed by atoms with Gasteiger partial charge in [0.25, 0.3) is 5.91 Å². The number of nitrogen functional groups attached to an aromatic ring is 1. The Morgan fingerprint density at radius 1 is 1.29 bits per heavy atom. The van der Waals surface area contributed by atoms with Gasteiger partial charge in [-0.1, -0.05) is 6.07 Å². The van der Waals surface area contributed by atoms with Crippen LogP contribution in [0.25, 0.3) is 0 Å². The standard InChI is InChI=1S/C14H17F3N2O2/c1-8-6-19(7-9(2)21-8)13(20)10-4-3-5-11(12(10)18)14(15,16)17/h3-5,8-9H,6-7,18H2,1-2H3/t8-,9+. The molecule has 116 valence electrons. The molecule has 1 aromatic carbocycles. The Morgan fingerprint density at radius 3 is 2.38 bits per heavy atom. The normalized spacial score (nSPS) is 23.2. The zero-order valence-corrected chi connectivity index (χ0v) is 11.8. The van der Waals surface area contributed by atoms with Gasteiger partial charge in [-0.05, 0) is 26.0 Å². The number of ether oxygens (including phenoxy) is 1. The highest BCUT2D eigenvalue weighted by Crippen LogP contribution is 2.35. The molecule has 1 aromatic rings. The third-order valence-corrected chi connectivity index (χ3v) is 3.35. The van der Waals surface area contributed by atoms with Gasteiger partial charge in [0, 0.05) is 13.1 Å². The van der Waals surface area contributed by atoms with E-state index in [0.29, 0.717) is 13.1 Å². The summed E-state index contributed by atoms with van der Waals surface area (Å²) in [5.74, 6) is -0.499. The summed E-state index contributed by atoms with van der Waals surface area (Å²) in [6.07, 6.45) is -4.90. The summed E-state index contributed by atoms with van der Waals surface area (Å²) in [6, 6.07) is 3.38. The summed E-state index contributed by atoms with van der Waals surface area (Å²) in [7, 11) is 0. The first kappa shape index (κ1) is 15.6. The number of para-hydroxylation sites is 1. The molecular formula is C14H17F3N2O2. The van der Waals surface area contributed by atoms with Crippen LogP contribution in [0.1, 0.15) is 29.8 Å². The molecule has 0 radical (unpaired) electrons. The van der Waals surface area contributed by atoms with E-state index in [9.17, 15) is 18.0 Å². The maximum Gasteiger partial charge on any atom is 0.418 e. The highest BCUT2D eigenvalue weighted by molar-refractivity contribution is 6.00. The number of morpholine rings is 1. The van der Waals surface area contributed by atoms with Crippen LogP contribution in [0.3, 0.4) is 0 Å². The van der Waals surface area contributed by atoms with Crippen LogP contribution in [-0.4, -0.2) is 36.1 Å². The Kier molecular flexibility index (Phi) is 4.13. The van der Waals surface area contributed by atoms with Gasteiger partial charge in [0.05, 0.1) is 29.0 Å². The Morgan fingerprint density at radius 2 is 1.86 bits per heavy atom. The van der Waals surface area contributed by atoms with E-state index in [1.165, 1.54) is 17.0 Å². The third kappa shape index (κ3) is 3.29. The van der Waals surface area contributed by atoms with Gasteiger partial charge in [0.15, 0.2) is 0 Å². The molecule has 1 amide bonds. The van der Waals surface area contributed by atoms with Gasteiger partial charge in [0.1, 0.15) is 0 Å². The van der Waals surface area contributed by atoms with Gasteiger partial charge >= 0.3 is 6.18 Å². The van der Waals surface area contributed by atoms with E-state index >= 15 is 0 Å². The molecule has 1 saturated heterocycles. The van der Waals surface area contributed by atoms with Crippen LogP contribution >= 0.6 is 0 Å². The van der Waals surface area contributed by atoms with Crippen molar-refractivity contribution in [2.24, 2.45) is 0 Å². The SMILES string of the molecule is C[C@@H]1CN(C(=O)c2cccc(C(F)(F)F)c2N)C[C@H](C)O1. The second-order valence-electron chi connectivity index (χ2n) is 5.23. The highest BCUT2D eigenvalue weighted by atomic mass is 19.4. The van der Waals surface area contributed by atoms with Crippen molar-refractivity contribution in [1.82, 2.24) is 4.90 Å². The number of hydrogen-bond acceptors (Lipinski definition) is 3. The fourth-order valence-corrected chi connectivity index (χ4v) is 2.51. The van der Waals surface area contributed by atoms with Crippen molar-refractivity contribution in [3.8, 4) is 0 Å². The average molecular weight is 302 g/mol. The van der Waals surface area contributed by atoms with Crippen molar-refractivity contribution in [1.29, 1.82) is 0 Å². The fraction of sp³-hybridized carbons (Fsp3) is 0.500. The Balaban J connectivity index is 2.32. The molecule has 0 aliphatic carbocycles. The molecule has 21 heavy (non-hydrogen) atoms. The second kappa shape index (κ2) is 5.55. The minimum absolute atomic E-state index is 0.119. The smallest absolute Gasteiger partial charge is 0.398 e.